The zero-order valence-corrected chi connectivity index (χ0v) is 12.7. The fourth-order valence-corrected chi connectivity index (χ4v) is 2.53. The zero-order valence-electron chi connectivity index (χ0n) is 11.8. The SMILES string of the molecule is COc1cccc(NC(=S)C(C#N)C(=O)N2CCCC2)c1. The number of rotatable bonds is 4. The molecule has 110 valence electrons. The van der Waals surface area contributed by atoms with Crippen molar-refractivity contribution in [2.24, 2.45) is 5.92 Å². The molecule has 1 saturated heterocycles. The molecule has 1 fully saturated rings. The largest absolute Gasteiger partial charge is 0.497 e. The van der Waals surface area contributed by atoms with Crippen LogP contribution in [-0.4, -0.2) is 36.0 Å². The number of amides is 1. The Morgan fingerprint density at radius 2 is 2.19 bits per heavy atom. The molecule has 21 heavy (non-hydrogen) atoms. The molecule has 6 heteroatoms. The summed E-state index contributed by atoms with van der Waals surface area (Å²) in [6, 6.07) is 9.20. The number of carbonyl (C=O) groups excluding carboxylic acids is 1. The van der Waals surface area contributed by atoms with Gasteiger partial charge in [0.05, 0.1) is 13.2 Å². The Labute approximate surface area is 129 Å². The van der Waals surface area contributed by atoms with Gasteiger partial charge in [0.15, 0.2) is 5.92 Å². The first-order valence-electron chi connectivity index (χ1n) is 6.79. The van der Waals surface area contributed by atoms with E-state index in [1.165, 1.54) is 0 Å². The fraction of sp³-hybridized carbons (Fsp3) is 0.400. The summed E-state index contributed by atoms with van der Waals surface area (Å²) in [7, 11) is 1.58. The van der Waals surface area contributed by atoms with E-state index in [0.717, 1.165) is 12.8 Å². The highest BCUT2D eigenvalue weighted by Crippen LogP contribution is 2.19. The molecule has 1 amide bonds. The third-order valence-corrected chi connectivity index (χ3v) is 3.73. The second-order valence-electron chi connectivity index (χ2n) is 4.82. The van der Waals surface area contributed by atoms with Crippen LogP contribution in [0.5, 0.6) is 5.75 Å². The number of nitrogens with one attached hydrogen (secondary N) is 1. The molecule has 1 unspecified atom stereocenters. The average molecular weight is 303 g/mol. The van der Waals surface area contributed by atoms with E-state index in [4.69, 9.17) is 17.0 Å². The second kappa shape index (κ2) is 7.04. The smallest absolute Gasteiger partial charge is 0.246 e. The molecule has 0 bridgehead atoms. The molecule has 1 aliphatic heterocycles. The van der Waals surface area contributed by atoms with E-state index < -0.39 is 5.92 Å². The lowest BCUT2D eigenvalue weighted by Crippen LogP contribution is -2.38. The molecule has 0 spiro atoms. The molecule has 1 aliphatic rings. The monoisotopic (exact) mass is 303 g/mol. The van der Waals surface area contributed by atoms with E-state index in [1.807, 2.05) is 24.3 Å². The number of benzene rings is 1. The zero-order chi connectivity index (χ0) is 15.2. The van der Waals surface area contributed by atoms with Crippen LogP contribution in [0.15, 0.2) is 24.3 Å². The fourth-order valence-electron chi connectivity index (χ4n) is 2.26. The molecule has 1 aromatic carbocycles. The lowest BCUT2D eigenvalue weighted by molar-refractivity contribution is -0.130. The molecule has 0 saturated carbocycles. The second-order valence-corrected chi connectivity index (χ2v) is 5.26. The number of likely N-dealkylation sites (tertiary alicyclic amines) is 1. The Bertz CT molecular complexity index is 577. The number of carbonyl (C=O) groups is 1. The van der Waals surface area contributed by atoms with Gasteiger partial charge in [0.2, 0.25) is 5.91 Å². The van der Waals surface area contributed by atoms with Crippen LogP contribution < -0.4 is 10.1 Å². The van der Waals surface area contributed by atoms with Crippen LogP contribution in [-0.2, 0) is 4.79 Å². The van der Waals surface area contributed by atoms with Crippen molar-refractivity contribution in [1.82, 2.24) is 4.90 Å². The third kappa shape index (κ3) is 3.70. The van der Waals surface area contributed by atoms with Gasteiger partial charge in [-0.05, 0) is 25.0 Å². The first kappa shape index (κ1) is 15.3. The minimum absolute atomic E-state index is 0.213. The molecular weight excluding hydrogens is 286 g/mol. The molecule has 0 aromatic heterocycles. The lowest BCUT2D eigenvalue weighted by atomic mass is 10.1. The third-order valence-electron chi connectivity index (χ3n) is 3.39. The summed E-state index contributed by atoms with van der Waals surface area (Å²) in [6.45, 7) is 1.41. The maximum Gasteiger partial charge on any atom is 0.246 e. The van der Waals surface area contributed by atoms with Gasteiger partial charge in [-0.1, -0.05) is 18.3 Å². The maximum atomic E-state index is 12.3. The molecule has 1 atom stereocenters. The average Bonchev–Trinajstić information content (AvgIpc) is 3.02. The molecule has 1 aromatic rings. The Morgan fingerprint density at radius 1 is 1.48 bits per heavy atom. The van der Waals surface area contributed by atoms with E-state index in [9.17, 15) is 10.1 Å². The number of ether oxygens (including phenoxy) is 1. The van der Waals surface area contributed by atoms with Crippen molar-refractivity contribution in [2.45, 2.75) is 12.8 Å². The van der Waals surface area contributed by atoms with Crippen LogP contribution in [0.25, 0.3) is 0 Å². The van der Waals surface area contributed by atoms with Crippen molar-refractivity contribution in [3.8, 4) is 11.8 Å². The molecule has 0 aliphatic carbocycles. The highest BCUT2D eigenvalue weighted by atomic mass is 32.1. The van der Waals surface area contributed by atoms with E-state index in [2.05, 4.69) is 5.32 Å². The van der Waals surface area contributed by atoms with E-state index in [0.29, 0.717) is 24.5 Å². The van der Waals surface area contributed by atoms with Gasteiger partial charge >= 0.3 is 0 Å². The minimum atomic E-state index is -0.940. The number of hydrogen-bond donors (Lipinski definition) is 1. The predicted molar refractivity (Wildman–Crippen MR) is 84.1 cm³/mol. The first-order chi connectivity index (χ1) is 10.2. The summed E-state index contributed by atoms with van der Waals surface area (Å²) in [6.07, 6.45) is 1.97. The highest BCUT2D eigenvalue weighted by molar-refractivity contribution is 7.80. The van der Waals surface area contributed by atoms with Crippen molar-refractivity contribution in [1.29, 1.82) is 5.26 Å². The van der Waals surface area contributed by atoms with E-state index in [1.54, 1.807) is 18.1 Å². The van der Waals surface area contributed by atoms with Gasteiger partial charge in [-0.15, -0.1) is 0 Å². The number of methoxy groups -OCH3 is 1. The minimum Gasteiger partial charge on any atom is -0.497 e. The van der Waals surface area contributed by atoms with Crippen molar-refractivity contribution in [3.05, 3.63) is 24.3 Å². The van der Waals surface area contributed by atoms with Gasteiger partial charge in [-0.3, -0.25) is 4.79 Å². The Balaban J connectivity index is 2.06. The quantitative estimate of drug-likeness (QED) is 0.864. The van der Waals surface area contributed by atoms with E-state index in [-0.39, 0.29) is 10.9 Å². The van der Waals surface area contributed by atoms with Gasteiger partial charge < -0.3 is 15.0 Å². The number of nitrogens with zero attached hydrogens (tertiary/aromatic N) is 2. The van der Waals surface area contributed by atoms with Gasteiger partial charge in [0.25, 0.3) is 0 Å². The summed E-state index contributed by atoms with van der Waals surface area (Å²) in [5.41, 5.74) is 0.703. The van der Waals surface area contributed by atoms with Crippen molar-refractivity contribution >= 4 is 28.8 Å². The number of anilines is 1. The van der Waals surface area contributed by atoms with Crippen molar-refractivity contribution < 1.29 is 9.53 Å². The first-order valence-corrected chi connectivity index (χ1v) is 7.20. The molecular formula is C15H17N3O2S. The molecule has 5 nitrogen and oxygen atoms in total. The van der Waals surface area contributed by atoms with E-state index >= 15 is 0 Å². The van der Waals surface area contributed by atoms with Crippen LogP contribution >= 0.6 is 12.2 Å². The summed E-state index contributed by atoms with van der Waals surface area (Å²) in [4.78, 5) is 14.2. The number of thiocarbonyl (C=S) groups is 1. The maximum absolute atomic E-state index is 12.3. The van der Waals surface area contributed by atoms with Gasteiger partial charge in [-0.2, -0.15) is 5.26 Å². The summed E-state index contributed by atoms with van der Waals surface area (Å²) in [5, 5.41) is 12.2. The molecule has 1 N–H and O–H groups in total. The van der Waals surface area contributed by atoms with Gasteiger partial charge in [0.1, 0.15) is 10.7 Å². The standard InChI is InChI=1S/C15H17N3O2S/c1-20-12-6-4-5-11(9-12)17-14(21)13(10-16)15(19)18-7-2-3-8-18/h4-6,9,13H,2-3,7-8H2,1H3,(H,17,21). The van der Waals surface area contributed by atoms with Gasteiger partial charge in [-0.25, -0.2) is 0 Å². The predicted octanol–water partition coefficient (Wildman–Crippen LogP) is 2.20. The van der Waals surface area contributed by atoms with Crippen LogP contribution in [0.3, 0.4) is 0 Å². The number of nitriles is 1. The topological polar surface area (TPSA) is 65.4 Å². The highest BCUT2D eigenvalue weighted by Gasteiger charge is 2.29. The summed E-state index contributed by atoms with van der Waals surface area (Å²) in [5.74, 6) is -0.470. The molecule has 1 heterocycles. The van der Waals surface area contributed by atoms with Crippen molar-refractivity contribution in [3.63, 3.8) is 0 Å². The van der Waals surface area contributed by atoms with Crippen LogP contribution in [0.4, 0.5) is 5.69 Å². The number of hydrogen-bond acceptors (Lipinski definition) is 4. The summed E-state index contributed by atoms with van der Waals surface area (Å²) < 4.78 is 5.13. The molecule has 0 radical (unpaired) electrons. The Hall–Kier alpha value is -2.13. The van der Waals surface area contributed by atoms with Crippen molar-refractivity contribution in [2.75, 3.05) is 25.5 Å². The normalized spacial score (nSPS) is 15.1. The lowest BCUT2D eigenvalue weighted by Gasteiger charge is -2.20. The molecule has 2 rings (SSSR count). The Kier molecular flexibility index (Phi) is 5.12. The van der Waals surface area contributed by atoms with Gasteiger partial charge in [0, 0.05) is 24.8 Å². The Morgan fingerprint density at radius 3 is 2.81 bits per heavy atom. The van der Waals surface area contributed by atoms with Crippen LogP contribution in [0.1, 0.15) is 12.8 Å². The van der Waals surface area contributed by atoms with Crippen LogP contribution in [0, 0.1) is 17.2 Å². The van der Waals surface area contributed by atoms with Crippen LogP contribution in [0.2, 0.25) is 0 Å². The summed E-state index contributed by atoms with van der Waals surface area (Å²) >= 11 is 5.23.